The van der Waals surface area contributed by atoms with Crippen LogP contribution in [0, 0.1) is 0 Å². The molecular formula is C16H15F2NO. The van der Waals surface area contributed by atoms with Crippen molar-refractivity contribution >= 4 is 0 Å². The van der Waals surface area contributed by atoms with E-state index >= 15 is 0 Å². The predicted octanol–water partition coefficient (Wildman–Crippen LogP) is 2.89. The number of nitrogens with two attached hydrogens (primary N) is 1. The zero-order valence-corrected chi connectivity index (χ0v) is 10.8. The zero-order valence-electron chi connectivity index (χ0n) is 10.8. The number of hydrogen-bond acceptors (Lipinski definition) is 2. The van der Waals surface area contributed by atoms with E-state index in [1.54, 1.807) is 12.1 Å². The molecule has 0 aliphatic heterocycles. The molecule has 0 heterocycles. The van der Waals surface area contributed by atoms with Crippen LogP contribution in [0.15, 0.2) is 42.5 Å². The number of fused-ring (bicyclic) bond motifs is 3. The van der Waals surface area contributed by atoms with E-state index < -0.39 is 18.6 Å². The van der Waals surface area contributed by atoms with Crippen LogP contribution in [0.5, 0.6) is 0 Å². The number of aliphatic hydroxyl groups is 1. The summed E-state index contributed by atoms with van der Waals surface area (Å²) in [6, 6.07) is 11.7. The molecule has 0 spiro atoms. The fourth-order valence-electron chi connectivity index (χ4n) is 2.70. The van der Waals surface area contributed by atoms with Gasteiger partial charge in [0.1, 0.15) is 6.61 Å². The number of rotatable bonds is 3. The summed E-state index contributed by atoms with van der Waals surface area (Å²) >= 11 is 0. The Hall–Kier alpha value is -1.78. The Labute approximate surface area is 115 Å². The van der Waals surface area contributed by atoms with E-state index in [2.05, 4.69) is 0 Å². The molecule has 1 aliphatic carbocycles. The molecule has 2 nitrogen and oxygen atoms in total. The van der Waals surface area contributed by atoms with Gasteiger partial charge in [-0.3, -0.25) is 0 Å². The van der Waals surface area contributed by atoms with Crippen LogP contribution in [-0.4, -0.2) is 17.6 Å². The van der Waals surface area contributed by atoms with E-state index in [0.29, 0.717) is 5.56 Å². The minimum Gasteiger partial charge on any atom is -0.390 e. The molecule has 0 saturated heterocycles. The molecule has 2 aromatic carbocycles. The standard InChI is InChI=1S/C16H15F2NO/c17-16(18,9-20)15(19)11-5-6-14-12(8-11)7-10-3-1-2-4-13(10)14/h1-6,8,15,20H,7,9,19H2/t15-/m1/s1. The summed E-state index contributed by atoms with van der Waals surface area (Å²) < 4.78 is 26.9. The number of alkyl halides is 2. The highest BCUT2D eigenvalue weighted by atomic mass is 19.3. The Morgan fingerprint density at radius 3 is 2.55 bits per heavy atom. The molecule has 3 N–H and O–H groups in total. The van der Waals surface area contributed by atoms with Gasteiger partial charge < -0.3 is 10.8 Å². The molecule has 1 atom stereocenters. The highest BCUT2D eigenvalue weighted by Crippen LogP contribution is 2.38. The van der Waals surface area contributed by atoms with Gasteiger partial charge in [-0.25, -0.2) is 8.78 Å². The Kier molecular flexibility index (Phi) is 3.07. The Morgan fingerprint density at radius 1 is 1.10 bits per heavy atom. The fraction of sp³-hybridized carbons (Fsp3) is 0.250. The predicted molar refractivity (Wildman–Crippen MR) is 73.6 cm³/mol. The second kappa shape index (κ2) is 4.65. The van der Waals surface area contributed by atoms with Gasteiger partial charge in [0.15, 0.2) is 0 Å². The lowest BCUT2D eigenvalue weighted by Gasteiger charge is -2.22. The molecule has 2 aromatic rings. The third kappa shape index (κ3) is 2.01. The van der Waals surface area contributed by atoms with Crippen LogP contribution < -0.4 is 5.73 Å². The first-order valence-corrected chi connectivity index (χ1v) is 6.48. The molecule has 3 rings (SSSR count). The fourth-order valence-corrected chi connectivity index (χ4v) is 2.70. The van der Waals surface area contributed by atoms with Crippen molar-refractivity contribution in [1.82, 2.24) is 0 Å². The van der Waals surface area contributed by atoms with Crippen LogP contribution in [0.4, 0.5) is 8.78 Å². The van der Waals surface area contributed by atoms with Crippen LogP contribution in [0.3, 0.4) is 0 Å². The van der Waals surface area contributed by atoms with Crippen molar-refractivity contribution in [3.05, 3.63) is 59.2 Å². The monoisotopic (exact) mass is 275 g/mol. The highest BCUT2D eigenvalue weighted by Gasteiger charge is 2.37. The highest BCUT2D eigenvalue weighted by molar-refractivity contribution is 5.77. The van der Waals surface area contributed by atoms with E-state index in [0.717, 1.165) is 23.1 Å². The van der Waals surface area contributed by atoms with Crippen molar-refractivity contribution in [2.24, 2.45) is 5.73 Å². The summed E-state index contributed by atoms with van der Waals surface area (Å²) in [6.45, 7) is -1.24. The molecule has 4 heteroatoms. The molecule has 0 amide bonds. The lowest BCUT2D eigenvalue weighted by Crippen LogP contribution is -2.36. The van der Waals surface area contributed by atoms with Gasteiger partial charge in [-0.1, -0.05) is 42.5 Å². The lowest BCUT2D eigenvalue weighted by molar-refractivity contribution is -0.0711. The SMILES string of the molecule is N[C@H](c1ccc2c(c1)Cc1ccccc1-2)C(F)(F)CO. The first-order valence-electron chi connectivity index (χ1n) is 6.48. The van der Waals surface area contributed by atoms with Crippen LogP contribution >= 0.6 is 0 Å². The first kappa shape index (κ1) is 13.2. The van der Waals surface area contributed by atoms with Crippen molar-refractivity contribution < 1.29 is 13.9 Å². The van der Waals surface area contributed by atoms with Gasteiger partial charge in [-0.15, -0.1) is 0 Å². The van der Waals surface area contributed by atoms with Crippen molar-refractivity contribution in [3.63, 3.8) is 0 Å². The topological polar surface area (TPSA) is 46.2 Å². The average molecular weight is 275 g/mol. The maximum absolute atomic E-state index is 13.5. The maximum atomic E-state index is 13.5. The number of halogens is 2. The normalized spacial score (nSPS) is 14.8. The summed E-state index contributed by atoms with van der Waals surface area (Å²) in [5.41, 5.74) is 10.4. The first-order chi connectivity index (χ1) is 9.53. The Balaban J connectivity index is 1.99. The van der Waals surface area contributed by atoms with E-state index in [9.17, 15) is 8.78 Å². The molecule has 0 radical (unpaired) electrons. The van der Waals surface area contributed by atoms with Gasteiger partial charge in [0.05, 0.1) is 6.04 Å². The number of hydrogen-bond donors (Lipinski definition) is 2. The second-order valence-electron chi connectivity index (χ2n) is 5.15. The molecule has 20 heavy (non-hydrogen) atoms. The van der Waals surface area contributed by atoms with Crippen molar-refractivity contribution in [1.29, 1.82) is 0 Å². The molecule has 0 fully saturated rings. The van der Waals surface area contributed by atoms with Crippen LogP contribution in [-0.2, 0) is 6.42 Å². The summed E-state index contributed by atoms with van der Waals surface area (Å²) in [7, 11) is 0. The lowest BCUT2D eigenvalue weighted by atomic mass is 9.97. The minimum atomic E-state index is -3.31. The molecular weight excluding hydrogens is 260 g/mol. The van der Waals surface area contributed by atoms with Gasteiger partial charge >= 0.3 is 0 Å². The van der Waals surface area contributed by atoms with Crippen LogP contribution in [0.1, 0.15) is 22.7 Å². The van der Waals surface area contributed by atoms with Crippen molar-refractivity contribution in [2.45, 2.75) is 18.4 Å². The van der Waals surface area contributed by atoms with Gasteiger partial charge in [-0.2, -0.15) is 0 Å². The van der Waals surface area contributed by atoms with E-state index in [1.807, 2.05) is 30.3 Å². The Bertz CT molecular complexity index is 655. The summed E-state index contributed by atoms with van der Waals surface area (Å²) in [5.74, 6) is -3.31. The van der Waals surface area contributed by atoms with Crippen molar-refractivity contribution in [3.8, 4) is 11.1 Å². The van der Waals surface area contributed by atoms with Gasteiger partial charge in [0.2, 0.25) is 0 Å². The molecule has 0 bridgehead atoms. The third-order valence-electron chi connectivity index (χ3n) is 3.84. The molecule has 0 aromatic heterocycles. The van der Waals surface area contributed by atoms with Crippen molar-refractivity contribution in [2.75, 3.05) is 6.61 Å². The Morgan fingerprint density at radius 2 is 1.80 bits per heavy atom. The molecule has 0 unspecified atom stereocenters. The smallest absolute Gasteiger partial charge is 0.289 e. The van der Waals surface area contributed by atoms with E-state index in [-0.39, 0.29) is 0 Å². The summed E-state index contributed by atoms with van der Waals surface area (Å²) in [4.78, 5) is 0. The average Bonchev–Trinajstić information content (AvgIpc) is 2.83. The van der Waals surface area contributed by atoms with E-state index in [4.69, 9.17) is 10.8 Å². The minimum absolute atomic E-state index is 0.357. The van der Waals surface area contributed by atoms with Gasteiger partial charge in [0.25, 0.3) is 5.92 Å². The van der Waals surface area contributed by atoms with Gasteiger partial charge in [-0.05, 0) is 34.2 Å². The zero-order chi connectivity index (χ0) is 14.3. The number of aliphatic hydroxyl groups excluding tert-OH is 1. The maximum Gasteiger partial charge on any atom is 0.289 e. The van der Waals surface area contributed by atoms with Crippen LogP contribution in [0.25, 0.3) is 11.1 Å². The quantitative estimate of drug-likeness (QED) is 0.772. The van der Waals surface area contributed by atoms with Gasteiger partial charge in [0, 0.05) is 0 Å². The third-order valence-corrected chi connectivity index (χ3v) is 3.84. The summed E-state index contributed by atoms with van der Waals surface area (Å²) in [5, 5.41) is 8.73. The molecule has 104 valence electrons. The molecule has 0 saturated carbocycles. The van der Waals surface area contributed by atoms with Crippen LogP contribution in [0.2, 0.25) is 0 Å². The number of benzene rings is 2. The molecule has 1 aliphatic rings. The largest absolute Gasteiger partial charge is 0.390 e. The second-order valence-corrected chi connectivity index (χ2v) is 5.15. The summed E-state index contributed by atoms with van der Waals surface area (Å²) in [6.07, 6.45) is 0.733. The van der Waals surface area contributed by atoms with E-state index in [1.165, 1.54) is 5.56 Å².